The van der Waals surface area contributed by atoms with Crippen LogP contribution in [0.15, 0.2) is 0 Å². The number of amides is 1. The van der Waals surface area contributed by atoms with E-state index in [0.29, 0.717) is 12.8 Å². The van der Waals surface area contributed by atoms with E-state index in [4.69, 9.17) is 0 Å². The Balaban J connectivity index is 3.54. The summed E-state index contributed by atoms with van der Waals surface area (Å²) in [5.41, 5.74) is 0. The van der Waals surface area contributed by atoms with E-state index >= 15 is 0 Å². The third-order valence-electron chi connectivity index (χ3n) is 1.27. The van der Waals surface area contributed by atoms with Gasteiger partial charge in [0.15, 0.2) is 5.12 Å². The number of hydrogen-bond acceptors (Lipinski definition) is 3. The van der Waals surface area contributed by atoms with Crippen LogP contribution in [0.3, 0.4) is 0 Å². The zero-order chi connectivity index (χ0) is 8.85. The van der Waals surface area contributed by atoms with E-state index in [9.17, 15) is 9.59 Å². The minimum absolute atomic E-state index is 0.00685. The molecule has 0 saturated heterocycles. The highest BCUT2D eigenvalue weighted by Crippen LogP contribution is 2.03. The van der Waals surface area contributed by atoms with Gasteiger partial charge in [-0.15, -0.1) is 0 Å². The molecule has 0 aromatic rings. The van der Waals surface area contributed by atoms with Gasteiger partial charge in [0.25, 0.3) is 0 Å². The van der Waals surface area contributed by atoms with Crippen molar-refractivity contribution in [3.8, 4) is 0 Å². The lowest BCUT2D eigenvalue weighted by Crippen LogP contribution is -2.21. The van der Waals surface area contributed by atoms with Crippen LogP contribution in [0.1, 0.15) is 12.8 Å². The summed E-state index contributed by atoms with van der Waals surface area (Å²) < 4.78 is 0. The van der Waals surface area contributed by atoms with E-state index in [1.807, 2.05) is 0 Å². The molecule has 0 atom stereocenters. The first-order valence-electron chi connectivity index (χ1n) is 3.35. The van der Waals surface area contributed by atoms with Crippen LogP contribution in [0.4, 0.5) is 0 Å². The van der Waals surface area contributed by atoms with E-state index in [0.717, 1.165) is 0 Å². The van der Waals surface area contributed by atoms with Crippen LogP contribution in [0.5, 0.6) is 0 Å². The molecular weight excluding hydrogens is 162 g/mol. The van der Waals surface area contributed by atoms with Gasteiger partial charge in [-0.3, -0.25) is 9.59 Å². The minimum Gasteiger partial charge on any atom is -0.349 e. The maximum Gasteiger partial charge on any atom is 0.222 e. The monoisotopic (exact) mass is 175 g/mol. The fourth-order valence-corrected chi connectivity index (χ4v) is 0.841. The van der Waals surface area contributed by atoms with Crippen molar-refractivity contribution < 1.29 is 9.59 Å². The average molecular weight is 175 g/mol. The average Bonchev–Trinajstić information content (AvgIpc) is 1.99. The third-order valence-corrected chi connectivity index (χ3v) is 1.93. The Morgan fingerprint density at radius 2 is 1.82 bits per heavy atom. The summed E-state index contributed by atoms with van der Waals surface area (Å²) in [6.45, 7) is 0. The third kappa shape index (κ3) is 4.84. The first-order valence-corrected chi connectivity index (χ1v) is 4.57. The van der Waals surface area contributed by atoms with Gasteiger partial charge in [-0.2, -0.15) is 0 Å². The second-order valence-electron chi connectivity index (χ2n) is 2.36. The van der Waals surface area contributed by atoms with Crippen molar-refractivity contribution in [3.05, 3.63) is 0 Å². The molecule has 0 heterocycles. The SMILES string of the molecule is CSC(=O)CCC(=O)N(C)C. The Bertz CT molecular complexity index is 157. The highest BCUT2D eigenvalue weighted by molar-refractivity contribution is 8.13. The summed E-state index contributed by atoms with van der Waals surface area (Å²) in [7, 11) is 3.37. The van der Waals surface area contributed by atoms with Gasteiger partial charge in [-0.25, -0.2) is 0 Å². The maximum absolute atomic E-state index is 10.9. The minimum atomic E-state index is 0.00685. The van der Waals surface area contributed by atoms with Crippen molar-refractivity contribution >= 4 is 22.8 Å². The molecule has 11 heavy (non-hydrogen) atoms. The Labute approximate surface area is 71.1 Å². The van der Waals surface area contributed by atoms with E-state index in [1.165, 1.54) is 16.7 Å². The van der Waals surface area contributed by atoms with Gasteiger partial charge in [0.2, 0.25) is 5.91 Å². The molecule has 3 nitrogen and oxygen atoms in total. The number of carbonyl (C=O) groups excluding carboxylic acids is 2. The number of thioether (sulfide) groups is 1. The Morgan fingerprint density at radius 3 is 2.18 bits per heavy atom. The van der Waals surface area contributed by atoms with Gasteiger partial charge in [0.1, 0.15) is 0 Å². The molecule has 0 aromatic heterocycles. The van der Waals surface area contributed by atoms with E-state index in [2.05, 4.69) is 0 Å². The van der Waals surface area contributed by atoms with Crippen molar-refractivity contribution in [2.75, 3.05) is 20.4 Å². The Kier molecular flexibility index (Phi) is 4.94. The molecule has 0 aliphatic carbocycles. The maximum atomic E-state index is 10.9. The van der Waals surface area contributed by atoms with Crippen molar-refractivity contribution in [3.63, 3.8) is 0 Å². The largest absolute Gasteiger partial charge is 0.349 e. The standard InChI is InChI=1S/C7H13NO2S/c1-8(2)6(9)4-5-7(10)11-3/h4-5H2,1-3H3. The van der Waals surface area contributed by atoms with Crippen LogP contribution in [0.25, 0.3) is 0 Å². The zero-order valence-corrected chi connectivity index (χ0v) is 7.90. The predicted molar refractivity (Wildman–Crippen MR) is 46.5 cm³/mol. The van der Waals surface area contributed by atoms with Crippen LogP contribution >= 0.6 is 11.8 Å². The summed E-state index contributed by atoms with van der Waals surface area (Å²) in [5, 5.41) is 0.0696. The summed E-state index contributed by atoms with van der Waals surface area (Å²) >= 11 is 1.17. The van der Waals surface area contributed by atoms with Crippen LogP contribution in [-0.2, 0) is 9.59 Å². The predicted octanol–water partition coefficient (Wildman–Crippen LogP) is 0.744. The molecule has 4 heteroatoms. The molecule has 0 unspecified atom stereocenters. The van der Waals surface area contributed by atoms with Gasteiger partial charge >= 0.3 is 0 Å². The molecule has 64 valence electrons. The number of carbonyl (C=O) groups is 2. The molecule has 0 fully saturated rings. The van der Waals surface area contributed by atoms with Gasteiger partial charge in [-0.1, -0.05) is 11.8 Å². The van der Waals surface area contributed by atoms with E-state index in [1.54, 1.807) is 20.4 Å². The van der Waals surface area contributed by atoms with Crippen molar-refractivity contribution in [2.45, 2.75) is 12.8 Å². The molecule has 0 aliphatic heterocycles. The fourth-order valence-electron chi connectivity index (χ4n) is 0.535. The lowest BCUT2D eigenvalue weighted by atomic mass is 10.3. The zero-order valence-electron chi connectivity index (χ0n) is 7.09. The number of nitrogens with zero attached hydrogens (tertiary/aromatic N) is 1. The van der Waals surface area contributed by atoms with Crippen LogP contribution < -0.4 is 0 Å². The van der Waals surface area contributed by atoms with Crippen molar-refractivity contribution in [2.24, 2.45) is 0 Å². The first kappa shape index (κ1) is 10.5. The normalized spacial score (nSPS) is 9.36. The second-order valence-corrected chi connectivity index (χ2v) is 3.23. The van der Waals surface area contributed by atoms with Crippen LogP contribution in [-0.4, -0.2) is 36.3 Å². The topological polar surface area (TPSA) is 37.4 Å². The molecule has 0 bridgehead atoms. The van der Waals surface area contributed by atoms with Crippen LogP contribution in [0.2, 0.25) is 0 Å². The molecule has 1 amide bonds. The van der Waals surface area contributed by atoms with Crippen molar-refractivity contribution in [1.82, 2.24) is 4.90 Å². The molecule has 0 rings (SSSR count). The quantitative estimate of drug-likeness (QED) is 0.635. The van der Waals surface area contributed by atoms with E-state index in [-0.39, 0.29) is 11.0 Å². The molecule has 0 saturated carbocycles. The molecular formula is C7H13NO2S. The summed E-state index contributed by atoms with van der Waals surface area (Å²) in [5.74, 6) is 0.00685. The van der Waals surface area contributed by atoms with Gasteiger partial charge in [0, 0.05) is 26.9 Å². The summed E-state index contributed by atoms with van der Waals surface area (Å²) in [4.78, 5) is 23.2. The van der Waals surface area contributed by atoms with Gasteiger partial charge in [0.05, 0.1) is 0 Å². The lowest BCUT2D eigenvalue weighted by Gasteiger charge is -2.08. The Hall–Kier alpha value is -0.510. The fraction of sp³-hybridized carbons (Fsp3) is 0.714. The molecule has 0 N–H and O–H groups in total. The summed E-state index contributed by atoms with van der Waals surface area (Å²) in [6, 6.07) is 0. The molecule has 0 aliphatic rings. The highest BCUT2D eigenvalue weighted by atomic mass is 32.2. The molecule has 0 radical (unpaired) electrons. The summed E-state index contributed by atoms with van der Waals surface area (Å²) in [6.07, 6.45) is 2.40. The smallest absolute Gasteiger partial charge is 0.222 e. The van der Waals surface area contributed by atoms with Gasteiger partial charge in [-0.05, 0) is 6.26 Å². The first-order chi connectivity index (χ1) is 5.07. The second kappa shape index (κ2) is 5.18. The van der Waals surface area contributed by atoms with Gasteiger partial charge < -0.3 is 4.90 Å². The highest BCUT2D eigenvalue weighted by Gasteiger charge is 2.06. The number of rotatable bonds is 3. The number of hydrogen-bond donors (Lipinski definition) is 0. The molecule has 0 aromatic carbocycles. The molecule has 0 spiro atoms. The Morgan fingerprint density at radius 1 is 1.27 bits per heavy atom. The van der Waals surface area contributed by atoms with Crippen molar-refractivity contribution in [1.29, 1.82) is 0 Å². The van der Waals surface area contributed by atoms with Crippen LogP contribution in [0, 0.1) is 0 Å². The van der Waals surface area contributed by atoms with E-state index < -0.39 is 0 Å². The lowest BCUT2D eigenvalue weighted by molar-refractivity contribution is -0.129.